The minimum atomic E-state index is -0.833. The number of benzene rings is 1. The van der Waals surface area contributed by atoms with Crippen LogP contribution in [0.2, 0.25) is 0 Å². The van der Waals surface area contributed by atoms with Crippen molar-refractivity contribution in [3.8, 4) is 0 Å². The van der Waals surface area contributed by atoms with Gasteiger partial charge in [-0.15, -0.1) is 0 Å². The molecule has 0 atom stereocenters. The van der Waals surface area contributed by atoms with Gasteiger partial charge in [0.15, 0.2) is 0 Å². The van der Waals surface area contributed by atoms with Gasteiger partial charge >= 0.3 is 5.97 Å². The van der Waals surface area contributed by atoms with E-state index in [1.165, 1.54) is 5.56 Å². The highest BCUT2D eigenvalue weighted by Gasteiger charge is 1.80. The summed E-state index contributed by atoms with van der Waals surface area (Å²) in [5.74, 6) is -1.58. The average Bonchev–Trinajstić information content (AvgIpc) is 2.30. The highest BCUT2D eigenvalue weighted by molar-refractivity contribution is 5.66. The van der Waals surface area contributed by atoms with E-state index >= 15 is 0 Å². The van der Waals surface area contributed by atoms with Crippen molar-refractivity contribution in [2.75, 3.05) is 0 Å². The third kappa shape index (κ3) is 20.1. The van der Waals surface area contributed by atoms with E-state index in [4.69, 9.17) is 15.0 Å². The van der Waals surface area contributed by atoms with Crippen LogP contribution in [0.25, 0.3) is 6.08 Å². The Morgan fingerprint density at radius 1 is 1.24 bits per heavy atom. The summed E-state index contributed by atoms with van der Waals surface area (Å²) in [4.78, 5) is 18.4. The molecule has 1 aromatic rings. The molecule has 17 heavy (non-hydrogen) atoms. The van der Waals surface area contributed by atoms with Crippen LogP contribution in [-0.4, -0.2) is 22.2 Å². The lowest BCUT2D eigenvalue weighted by Gasteiger charge is -1.85. The van der Waals surface area contributed by atoms with Crippen LogP contribution >= 0.6 is 0 Å². The zero-order valence-corrected chi connectivity index (χ0v) is 10.1. The maximum atomic E-state index is 9.37. The van der Waals surface area contributed by atoms with E-state index in [-0.39, 0.29) is 6.42 Å². The van der Waals surface area contributed by atoms with Gasteiger partial charge in [-0.05, 0) is 5.56 Å². The number of carboxylic acid groups (broad SMARTS) is 2. The Balaban J connectivity index is 0. The molecule has 0 aliphatic carbocycles. The first-order valence-corrected chi connectivity index (χ1v) is 5.02. The first-order valence-electron chi connectivity index (χ1n) is 5.02. The summed E-state index contributed by atoms with van der Waals surface area (Å²) in [5.41, 5.74) is 1.17. The summed E-state index contributed by atoms with van der Waals surface area (Å²) in [6.45, 7) is 6.31. The van der Waals surface area contributed by atoms with E-state index in [0.29, 0.717) is 0 Å². The molecule has 0 saturated carbocycles. The lowest BCUT2D eigenvalue weighted by molar-refractivity contribution is -0.137. The van der Waals surface area contributed by atoms with Crippen LogP contribution < -0.4 is 0 Å². The molecule has 0 unspecified atom stereocenters. The summed E-state index contributed by atoms with van der Waals surface area (Å²) in [5, 5.41) is 15.1. The van der Waals surface area contributed by atoms with E-state index in [2.05, 4.69) is 6.58 Å². The van der Waals surface area contributed by atoms with Crippen molar-refractivity contribution in [3.05, 3.63) is 42.5 Å². The Bertz CT molecular complexity index is 327. The van der Waals surface area contributed by atoms with Crippen LogP contribution in [0.1, 0.15) is 25.8 Å². The summed E-state index contributed by atoms with van der Waals surface area (Å²) < 4.78 is 0. The number of rotatable bonds is 2. The molecule has 0 fully saturated rings. The molecular weight excluding hydrogens is 220 g/mol. The lowest BCUT2D eigenvalue weighted by atomic mass is 10.2. The lowest BCUT2D eigenvalue weighted by Crippen LogP contribution is -1.86. The van der Waals surface area contributed by atoms with Crippen LogP contribution in [0, 0.1) is 0 Å². The molecule has 0 aliphatic rings. The maximum Gasteiger partial charge on any atom is 0.303 e. The third-order valence-corrected chi connectivity index (χ3v) is 1.34. The Morgan fingerprint density at radius 2 is 1.59 bits per heavy atom. The van der Waals surface area contributed by atoms with Crippen molar-refractivity contribution in [2.24, 2.45) is 0 Å². The van der Waals surface area contributed by atoms with Crippen molar-refractivity contribution in [2.45, 2.75) is 20.3 Å². The predicted molar refractivity (Wildman–Crippen MR) is 67.8 cm³/mol. The molecule has 0 heterocycles. The van der Waals surface area contributed by atoms with E-state index in [1.807, 2.05) is 36.4 Å². The van der Waals surface area contributed by atoms with Crippen LogP contribution in [0.15, 0.2) is 36.9 Å². The van der Waals surface area contributed by atoms with E-state index in [1.54, 1.807) is 6.92 Å². The SMILES string of the molecule is C=Cc1ccccc1.CC(=O)O.CCC(=O)O. The third-order valence-electron chi connectivity index (χ3n) is 1.34. The fourth-order valence-electron chi connectivity index (χ4n) is 0.589. The van der Waals surface area contributed by atoms with Gasteiger partial charge in [-0.25, -0.2) is 0 Å². The first kappa shape index (κ1) is 17.3. The minimum Gasteiger partial charge on any atom is -0.481 e. The molecule has 0 bridgehead atoms. The van der Waals surface area contributed by atoms with Gasteiger partial charge in [0.05, 0.1) is 0 Å². The van der Waals surface area contributed by atoms with E-state index < -0.39 is 11.9 Å². The summed E-state index contributed by atoms with van der Waals surface area (Å²) in [6, 6.07) is 10.0. The number of hydrogen-bond acceptors (Lipinski definition) is 2. The van der Waals surface area contributed by atoms with Crippen LogP contribution in [0.4, 0.5) is 0 Å². The second-order valence-corrected chi connectivity index (χ2v) is 2.88. The molecule has 0 aliphatic heterocycles. The smallest absolute Gasteiger partial charge is 0.303 e. The monoisotopic (exact) mass is 238 g/mol. The van der Waals surface area contributed by atoms with Gasteiger partial charge in [0.2, 0.25) is 0 Å². The number of hydrogen-bond donors (Lipinski definition) is 2. The van der Waals surface area contributed by atoms with Crippen molar-refractivity contribution >= 4 is 18.0 Å². The highest BCUT2D eigenvalue weighted by Crippen LogP contribution is 1.97. The standard InChI is InChI=1S/C8H8.C3H6O2.C2H4O2/c1-2-8-6-4-3-5-7-8;1-2-3(4)5;1-2(3)4/h2-7H,1H2;2H2,1H3,(H,4,5);1H3,(H,3,4). The van der Waals surface area contributed by atoms with Gasteiger partial charge in [-0.2, -0.15) is 0 Å². The van der Waals surface area contributed by atoms with E-state index in [9.17, 15) is 4.79 Å². The molecule has 0 amide bonds. The molecule has 4 nitrogen and oxygen atoms in total. The molecule has 0 aromatic heterocycles. The summed E-state index contributed by atoms with van der Waals surface area (Å²) in [7, 11) is 0. The maximum absolute atomic E-state index is 9.37. The molecule has 94 valence electrons. The van der Waals surface area contributed by atoms with Gasteiger partial charge < -0.3 is 10.2 Å². The Morgan fingerprint density at radius 3 is 1.76 bits per heavy atom. The fraction of sp³-hybridized carbons (Fsp3) is 0.231. The van der Waals surface area contributed by atoms with Crippen LogP contribution in [0.3, 0.4) is 0 Å². The zero-order valence-electron chi connectivity index (χ0n) is 10.1. The normalized spacial score (nSPS) is 7.65. The second kappa shape index (κ2) is 12.0. The number of aliphatic carboxylic acids is 2. The molecular formula is C13H18O4. The van der Waals surface area contributed by atoms with Gasteiger partial charge in [0.1, 0.15) is 0 Å². The highest BCUT2D eigenvalue weighted by atomic mass is 16.4. The molecule has 1 aromatic carbocycles. The van der Waals surface area contributed by atoms with E-state index in [0.717, 1.165) is 6.92 Å². The molecule has 0 saturated heterocycles. The summed E-state index contributed by atoms with van der Waals surface area (Å²) in [6.07, 6.45) is 2.06. The quantitative estimate of drug-likeness (QED) is 0.830. The molecule has 1 rings (SSSR count). The molecule has 0 radical (unpaired) electrons. The van der Waals surface area contributed by atoms with Crippen molar-refractivity contribution in [1.29, 1.82) is 0 Å². The van der Waals surface area contributed by atoms with Gasteiger partial charge in [0, 0.05) is 13.3 Å². The van der Waals surface area contributed by atoms with Crippen LogP contribution in [-0.2, 0) is 9.59 Å². The number of carbonyl (C=O) groups is 2. The van der Waals surface area contributed by atoms with Gasteiger partial charge in [-0.3, -0.25) is 9.59 Å². The van der Waals surface area contributed by atoms with Crippen LogP contribution in [0.5, 0.6) is 0 Å². The average molecular weight is 238 g/mol. The van der Waals surface area contributed by atoms with Crippen molar-refractivity contribution in [1.82, 2.24) is 0 Å². The number of carboxylic acids is 2. The summed E-state index contributed by atoms with van der Waals surface area (Å²) >= 11 is 0. The first-order chi connectivity index (χ1) is 7.93. The van der Waals surface area contributed by atoms with Gasteiger partial charge in [-0.1, -0.05) is 49.9 Å². The van der Waals surface area contributed by atoms with Crippen molar-refractivity contribution < 1.29 is 19.8 Å². The zero-order chi connectivity index (χ0) is 13.7. The minimum absolute atomic E-state index is 0.222. The van der Waals surface area contributed by atoms with Gasteiger partial charge in [0.25, 0.3) is 5.97 Å². The predicted octanol–water partition coefficient (Wildman–Crippen LogP) is 2.90. The van der Waals surface area contributed by atoms with Crippen molar-refractivity contribution in [3.63, 3.8) is 0 Å². The second-order valence-electron chi connectivity index (χ2n) is 2.88. The molecule has 2 N–H and O–H groups in total. The molecule has 0 spiro atoms. The topological polar surface area (TPSA) is 74.6 Å². The fourth-order valence-corrected chi connectivity index (χ4v) is 0.589. The Kier molecular flexibility index (Phi) is 12.2. The Labute approximate surface area is 101 Å². The largest absolute Gasteiger partial charge is 0.481 e. The molecule has 4 heteroatoms. The Hall–Kier alpha value is -2.10.